The molecule has 1 aliphatic heterocycles. The minimum atomic E-state index is -0.795. The summed E-state index contributed by atoms with van der Waals surface area (Å²) in [7, 11) is 0. The van der Waals surface area contributed by atoms with E-state index in [2.05, 4.69) is 11.1 Å². The van der Waals surface area contributed by atoms with Crippen molar-refractivity contribution in [1.29, 1.82) is 0 Å². The number of carboxylic acid groups (broad SMARTS) is 1. The second kappa shape index (κ2) is 5.41. The Hall–Kier alpha value is -2.30. The van der Waals surface area contributed by atoms with Gasteiger partial charge in [0.1, 0.15) is 5.75 Å². The van der Waals surface area contributed by atoms with Gasteiger partial charge in [0.05, 0.1) is 6.10 Å². The van der Waals surface area contributed by atoms with E-state index in [4.69, 9.17) is 9.84 Å². The van der Waals surface area contributed by atoms with Crippen LogP contribution in [0.5, 0.6) is 5.75 Å². The highest BCUT2D eigenvalue weighted by molar-refractivity contribution is 5.82. The molecular weight excluding hydrogens is 292 g/mol. The van der Waals surface area contributed by atoms with Crippen LogP contribution < -0.4 is 4.74 Å². The van der Waals surface area contributed by atoms with E-state index in [1.54, 1.807) is 6.20 Å². The number of ether oxygens (including phenoxy) is 1. The van der Waals surface area contributed by atoms with Gasteiger partial charge in [-0.05, 0) is 54.7 Å². The highest BCUT2D eigenvalue weighted by atomic mass is 16.5. The third kappa shape index (κ3) is 2.71. The zero-order valence-electron chi connectivity index (χ0n) is 12.9. The van der Waals surface area contributed by atoms with Gasteiger partial charge in [-0.1, -0.05) is 6.07 Å². The van der Waals surface area contributed by atoms with Gasteiger partial charge in [0.2, 0.25) is 0 Å². The van der Waals surface area contributed by atoms with Crippen LogP contribution in [0.1, 0.15) is 25.7 Å². The standard InChI is InChI=1S/C18H20N2O3/c21-17(22)20-7-4-18(5-8-20)10-16(11-18)23-15-2-1-13-3-6-19-12-14(13)9-15/h1-3,6,9,12,16H,4-5,7-8,10-11H2,(H,21,22). The summed E-state index contributed by atoms with van der Waals surface area (Å²) < 4.78 is 6.10. The molecule has 0 radical (unpaired) electrons. The topological polar surface area (TPSA) is 62.7 Å². The molecule has 0 atom stereocenters. The van der Waals surface area contributed by atoms with Crippen molar-refractivity contribution in [2.24, 2.45) is 5.41 Å². The molecule has 1 saturated carbocycles. The minimum absolute atomic E-state index is 0.250. The van der Waals surface area contributed by atoms with Crippen molar-refractivity contribution in [2.75, 3.05) is 13.1 Å². The molecule has 1 amide bonds. The van der Waals surface area contributed by atoms with Crippen LogP contribution in [0, 0.1) is 5.41 Å². The summed E-state index contributed by atoms with van der Waals surface area (Å²) in [4.78, 5) is 16.7. The van der Waals surface area contributed by atoms with Crippen molar-refractivity contribution >= 4 is 16.9 Å². The second-order valence-corrected chi connectivity index (χ2v) is 6.80. The number of likely N-dealkylation sites (tertiary alicyclic amines) is 1. The van der Waals surface area contributed by atoms with Gasteiger partial charge in [-0.25, -0.2) is 4.79 Å². The van der Waals surface area contributed by atoms with Crippen LogP contribution in [-0.4, -0.2) is 40.3 Å². The maximum atomic E-state index is 11.0. The van der Waals surface area contributed by atoms with Crippen molar-refractivity contribution in [1.82, 2.24) is 9.88 Å². The highest BCUT2D eigenvalue weighted by Gasteiger charge is 2.47. The molecule has 1 aliphatic carbocycles. The predicted octanol–water partition coefficient (Wildman–Crippen LogP) is 3.54. The van der Waals surface area contributed by atoms with Gasteiger partial charge in [-0.2, -0.15) is 0 Å². The van der Waals surface area contributed by atoms with E-state index in [1.807, 2.05) is 24.4 Å². The summed E-state index contributed by atoms with van der Waals surface area (Å²) in [5.41, 5.74) is 0.301. The lowest BCUT2D eigenvalue weighted by atomic mass is 9.61. The normalized spacial score (nSPS) is 20.4. The number of hydrogen-bond acceptors (Lipinski definition) is 3. The minimum Gasteiger partial charge on any atom is -0.490 e. The lowest BCUT2D eigenvalue weighted by molar-refractivity contribution is -0.0514. The number of amides is 1. The third-order valence-electron chi connectivity index (χ3n) is 5.33. The van der Waals surface area contributed by atoms with Gasteiger partial charge < -0.3 is 14.7 Å². The highest BCUT2D eigenvalue weighted by Crippen LogP contribution is 2.50. The molecule has 1 aromatic heterocycles. The van der Waals surface area contributed by atoms with E-state index in [-0.39, 0.29) is 6.10 Å². The molecule has 1 spiro atoms. The van der Waals surface area contributed by atoms with Crippen LogP contribution in [0.3, 0.4) is 0 Å². The number of piperidine rings is 1. The molecule has 5 nitrogen and oxygen atoms in total. The molecule has 1 N–H and O–H groups in total. The van der Waals surface area contributed by atoms with Crippen molar-refractivity contribution < 1.29 is 14.6 Å². The summed E-state index contributed by atoms with van der Waals surface area (Å²) >= 11 is 0. The van der Waals surface area contributed by atoms with E-state index in [0.717, 1.165) is 36.8 Å². The van der Waals surface area contributed by atoms with Crippen molar-refractivity contribution in [3.63, 3.8) is 0 Å². The molecule has 0 unspecified atom stereocenters. The molecule has 2 fully saturated rings. The Morgan fingerprint density at radius 2 is 2.00 bits per heavy atom. The maximum absolute atomic E-state index is 11.0. The Balaban J connectivity index is 1.36. The molecule has 0 bridgehead atoms. The van der Waals surface area contributed by atoms with Crippen LogP contribution in [0.25, 0.3) is 10.8 Å². The number of carbonyl (C=O) groups is 1. The van der Waals surface area contributed by atoms with E-state index in [0.29, 0.717) is 18.5 Å². The fourth-order valence-corrected chi connectivity index (χ4v) is 3.90. The van der Waals surface area contributed by atoms with Crippen LogP contribution >= 0.6 is 0 Å². The van der Waals surface area contributed by atoms with Crippen LogP contribution in [0.15, 0.2) is 36.7 Å². The van der Waals surface area contributed by atoms with E-state index in [9.17, 15) is 4.79 Å². The molecule has 2 heterocycles. The van der Waals surface area contributed by atoms with Gasteiger partial charge >= 0.3 is 6.09 Å². The third-order valence-corrected chi connectivity index (χ3v) is 5.33. The number of hydrogen-bond donors (Lipinski definition) is 1. The summed E-state index contributed by atoms with van der Waals surface area (Å²) in [6.07, 6.45) is 7.09. The first kappa shape index (κ1) is 14.3. The summed E-state index contributed by atoms with van der Waals surface area (Å²) in [5.74, 6) is 0.897. The first-order valence-corrected chi connectivity index (χ1v) is 8.12. The average Bonchev–Trinajstić information content (AvgIpc) is 2.54. The van der Waals surface area contributed by atoms with Gasteiger partial charge in [0.15, 0.2) is 0 Å². The zero-order chi connectivity index (χ0) is 15.9. The van der Waals surface area contributed by atoms with Gasteiger partial charge in [-0.3, -0.25) is 4.98 Å². The average molecular weight is 312 g/mol. The number of benzene rings is 1. The van der Waals surface area contributed by atoms with Crippen molar-refractivity contribution in [3.8, 4) is 5.75 Å². The number of aromatic nitrogens is 1. The molecule has 5 heteroatoms. The van der Waals surface area contributed by atoms with Crippen LogP contribution in [0.2, 0.25) is 0 Å². The molecule has 1 saturated heterocycles. The van der Waals surface area contributed by atoms with Crippen LogP contribution in [-0.2, 0) is 0 Å². The second-order valence-electron chi connectivity index (χ2n) is 6.80. The number of fused-ring (bicyclic) bond motifs is 1. The Morgan fingerprint density at radius 1 is 1.22 bits per heavy atom. The van der Waals surface area contributed by atoms with E-state index < -0.39 is 6.09 Å². The largest absolute Gasteiger partial charge is 0.490 e. The van der Waals surface area contributed by atoms with Crippen molar-refractivity contribution in [2.45, 2.75) is 31.8 Å². The summed E-state index contributed by atoms with van der Waals surface area (Å²) in [6.45, 7) is 1.31. The molecule has 4 rings (SSSR count). The Labute approximate surface area is 134 Å². The predicted molar refractivity (Wildman–Crippen MR) is 86.7 cm³/mol. The monoisotopic (exact) mass is 312 g/mol. The van der Waals surface area contributed by atoms with E-state index in [1.165, 1.54) is 10.3 Å². The molecule has 2 aliphatic rings. The molecule has 120 valence electrons. The Bertz CT molecular complexity index is 730. The number of rotatable bonds is 2. The van der Waals surface area contributed by atoms with Gasteiger partial charge in [0.25, 0.3) is 0 Å². The zero-order valence-corrected chi connectivity index (χ0v) is 12.9. The number of pyridine rings is 1. The lowest BCUT2D eigenvalue weighted by Crippen LogP contribution is -2.51. The van der Waals surface area contributed by atoms with Gasteiger partial charge in [0, 0.05) is 30.9 Å². The molecule has 23 heavy (non-hydrogen) atoms. The first-order chi connectivity index (χ1) is 11.1. The quantitative estimate of drug-likeness (QED) is 0.921. The lowest BCUT2D eigenvalue weighted by Gasteiger charge is -2.51. The van der Waals surface area contributed by atoms with E-state index >= 15 is 0 Å². The van der Waals surface area contributed by atoms with Crippen LogP contribution in [0.4, 0.5) is 4.79 Å². The first-order valence-electron chi connectivity index (χ1n) is 8.12. The maximum Gasteiger partial charge on any atom is 0.407 e. The Morgan fingerprint density at radius 3 is 2.74 bits per heavy atom. The van der Waals surface area contributed by atoms with Gasteiger partial charge in [-0.15, -0.1) is 0 Å². The summed E-state index contributed by atoms with van der Waals surface area (Å²) in [5, 5.41) is 11.3. The Kier molecular flexibility index (Phi) is 3.36. The number of nitrogens with zero attached hydrogens (tertiary/aromatic N) is 2. The molecule has 2 aromatic rings. The fraction of sp³-hybridized carbons (Fsp3) is 0.444. The molecular formula is C18H20N2O3. The van der Waals surface area contributed by atoms with Crippen molar-refractivity contribution in [3.05, 3.63) is 36.7 Å². The summed E-state index contributed by atoms with van der Waals surface area (Å²) in [6, 6.07) is 8.11. The molecule has 1 aromatic carbocycles. The SMILES string of the molecule is O=C(O)N1CCC2(CC1)CC(Oc1ccc3ccncc3c1)C2. The fourth-order valence-electron chi connectivity index (χ4n) is 3.90. The smallest absolute Gasteiger partial charge is 0.407 e.